The van der Waals surface area contributed by atoms with Crippen molar-refractivity contribution in [1.29, 1.82) is 0 Å². The van der Waals surface area contributed by atoms with E-state index in [0.717, 1.165) is 4.31 Å². The van der Waals surface area contributed by atoms with E-state index >= 15 is 0 Å². The van der Waals surface area contributed by atoms with Crippen LogP contribution in [0.4, 0.5) is 0 Å². The number of sulfonamides is 1. The largest absolute Gasteiger partial charge is 0.481 e. The smallest absolute Gasteiger partial charge is 0.303 e. The molecular formula is C10H19N3O5S. The van der Waals surface area contributed by atoms with Gasteiger partial charge in [0.1, 0.15) is 6.04 Å². The van der Waals surface area contributed by atoms with Crippen LogP contribution in [0.3, 0.4) is 0 Å². The predicted molar refractivity (Wildman–Crippen MR) is 68.1 cm³/mol. The topological polar surface area (TPSA) is 116 Å². The molecule has 0 saturated carbocycles. The van der Waals surface area contributed by atoms with Gasteiger partial charge >= 0.3 is 5.97 Å². The van der Waals surface area contributed by atoms with Gasteiger partial charge in [0.05, 0.1) is 5.75 Å². The number of rotatable bonds is 6. The lowest BCUT2D eigenvalue weighted by Crippen LogP contribution is -2.59. The quantitative estimate of drug-likeness (QED) is 0.532. The monoisotopic (exact) mass is 293 g/mol. The van der Waals surface area contributed by atoms with Crippen molar-refractivity contribution in [1.82, 2.24) is 14.9 Å². The summed E-state index contributed by atoms with van der Waals surface area (Å²) >= 11 is 0. The molecule has 19 heavy (non-hydrogen) atoms. The third-order valence-corrected chi connectivity index (χ3v) is 4.85. The van der Waals surface area contributed by atoms with E-state index in [-0.39, 0.29) is 37.6 Å². The second-order valence-corrected chi connectivity index (χ2v) is 6.30. The van der Waals surface area contributed by atoms with Gasteiger partial charge in [0, 0.05) is 33.1 Å². The molecule has 1 aliphatic heterocycles. The zero-order chi connectivity index (χ0) is 14.5. The molecule has 1 fully saturated rings. The third kappa shape index (κ3) is 4.44. The van der Waals surface area contributed by atoms with Crippen LogP contribution in [-0.4, -0.2) is 68.2 Å². The highest BCUT2D eigenvalue weighted by atomic mass is 32.2. The van der Waals surface area contributed by atoms with Crippen LogP contribution in [0, 0.1) is 0 Å². The summed E-state index contributed by atoms with van der Waals surface area (Å²) in [6.07, 6.45) is -0.155. The third-order valence-electron chi connectivity index (χ3n) is 2.89. The second-order valence-electron chi connectivity index (χ2n) is 4.26. The zero-order valence-corrected chi connectivity index (χ0v) is 11.6. The molecule has 1 saturated heterocycles. The van der Waals surface area contributed by atoms with Gasteiger partial charge in [-0.2, -0.15) is 4.31 Å². The molecule has 8 nitrogen and oxygen atoms in total. The summed E-state index contributed by atoms with van der Waals surface area (Å²) in [6.45, 7) is 0.955. The molecule has 0 bridgehead atoms. The Hall–Kier alpha value is -1.19. The lowest BCUT2D eigenvalue weighted by molar-refractivity contribution is -0.137. The van der Waals surface area contributed by atoms with Gasteiger partial charge in [0.15, 0.2) is 0 Å². The molecule has 1 amide bonds. The van der Waals surface area contributed by atoms with E-state index in [1.54, 1.807) is 0 Å². The summed E-state index contributed by atoms with van der Waals surface area (Å²) in [6, 6.07) is -0.770. The van der Waals surface area contributed by atoms with Gasteiger partial charge in [0.2, 0.25) is 15.9 Å². The molecule has 1 atom stereocenters. The Labute approximate surface area is 112 Å². The summed E-state index contributed by atoms with van der Waals surface area (Å²) in [4.78, 5) is 22.1. The maximum atomic E-state index is 12.1. The van der Waals surface area contributed by atoms with E-state index in [0.29, 0.717) is 6.54 Å². The first-order valence-corrected chi connectivity index (χ1v) is 7.63. The fraction of sp³-hybridized carbons (Fsp3) is 0.800. The number of carbonyl (C=O) groups is 2. The minimum Gasteiger partial charge on any atom is -0.481 e. The molecular weight excluding hydrogens is 274 g/mol. The lowest BCUT2D eigenvalue weighted by atomic mass is 10.2. The predicted octanol–water partition coefficient (Wildman–Crippen LogP) is -1.80. The standard InChI is InChI=1S/C10H19N3O5S/c1-11-10(16)8-7-12-4-5-13(8)19(17,18)6-2-3-9(14)15/h8,12H,2-7H2,1H3,(H,11,16)(H,14,15). The molecule has 1 rings (SSSR count). The van der Waals surface area contributed by atoms with Crippen LogP contribution in [-0.2, 0) is 19.6 Å². The van der Waals surface area contributed by atoms with Gasteiger partial charge in [-0.1, -0.05) is 0 Å². The number of nitrogens with one attached hydrogen (secondary N) is 2. The highest BCUT2D eigenvalue weighted by molar-refractivity contribution is 7.89. The molecule has 1 unspecified atom stereocenters. The maximum absolute atomic E-state index is 12.1. The highest BCUT2D eigenvalue weighted by Gasteiger charge is 2.35. The number of aliphatic carboxylic acids is 1. The number of nitrogens with zero attached hydrogens (tertiary/aromatic N) is 1. The van der Waals surface area contributed by atoms with E-state index in [9.17, 15) is 18.0 Å². The van der Waals surface area contributed by atoms with E-state index in [2.05, 4.69) is 10.6 Å². The highest BCUT2D eigenvalue weighted by Crippen LogP contribution is 2.12. The van der Waals surface area contributed by atoms with E-state index < -0.39 is 22.0 Å². The first-order valence-electron chi connectivity index (χ1n) is 6.02. The van der Waals surface area contributed by atoms with Gasteiger partial charge in [0.25, 0.3) is 0 Å². The first kappa shape index (κ1) is 15.9. The molecule has 0 radical (unpaired) electrons. The average Bonchev–Trinajstić information content (AvgIpc) is 2.37. The molecule has 0 spiro atoms. The Morgan fingerprint density at radius 3 is 2.74 bits per heavy atom. The Morgan fingerprint density at radius 2 is 2.16 bits per heavy atom. The van der Waals surface area contributed by atoms with Crippen LogP contribution in [0.2, 0.25) is 0 Å². The zero-order valence-electron chi connectivity index (χ0n) is 10.8. The number of amides is 1. The second kappa shape index (κ2) is 6.83. The van der Waals surface area contributed by atoms with E-state index in [4.69, 9.17) is 5.11 Å². The summed E-state index contributed by atoms with van der Waals surface area (Å²) in [7, 11) is -2.16. The molecule has 110 valence electrons. The van der Waals surface area contributed by atoms with Crippen molar-refractivity contribution in [2.75, 3.05) is 32.4 Å². The lowest BCUT2D eigenvalue weighted by Gasteiger charge is -2.33. The molecule has 0 aliphatic carbocycles. The van der Waals surface area contributed by atoms with Crippen LogP contribution >= 0.6 is 0 Å². The molecule has 0 aromatic carbocycles. The van der Waals surface area contributed by atoms with Crippen LogP contribution in [0.15, 0.2) is 0 Å². The van der Waals surface area contributed by atoms with Crippen molar-refractivity contribution < 1.29 is 23.1 Å². The Kier molecular flexibility index (Phi) is 5.70. The molecule has 9 heteroatoms. The molecule has 0 aromatic heterocycles. The van der Waals surface area contributed by atoms with Crippen molar-refractivity contribution in [2.45, 2.75) is 18.9 Å². The van der Waals surface area contributed by atoms with E-state index in [1.807, 2.05) is 0 Å². The summed E-state index contributed by atoms with van der Waals surface area (Å²) < 4.78 is 25.4. The van der Waals surface area contributed by atoms with Crippen molar-refractivity contribution in [2.24, 2.45) is 0 Å². The fourth-order valence-electron chi connectivity index (χ4n) is 1.93. The minimum absolute atomic E-state index is 0.0437. The maximum Gasteiger partial charge on any atom is 0.303 e. The first-order chi connectivity index (χ1) is 8.88. The van der Waals surface area contributed by atoms with Gasteiger partial charge in [-0.05, 0) is 6.42 Å². The summed E-state index contributed by atoms with van der Waals surface area (Å²) in [5.41, 5.74) is 0. The van der Waals surface area contributed by atoms with Crippen molar-refractivity contribution in [3.63, 3.8) is 0 Å². The van der Waals surface area contributed by atoms with Gasteiger partial charge in [-0.25, -0.2) is 8.42 Å². The normalized spacial score (nSPS) is 21.0. The van der Waals surface area contributed by atoms with Crippen LogP contribution in [0.25, 0.3) is 0 Å². The Balaban J connectivity index is 2.72. The van der Waals surface area contributed by atoms with Crippen LogP contribution in [0.1, 0.15) is 12.8 Å². The van der Waals surface area contributed by atoms with Crippen LogP contribution < -0.4 is 10.6 Å². The number of hydrogen-bond acceptors (Lipinski definition) is 5. The van der Waals surface area contributed by atoms with Gasteiger partial charge in [-0.3, -0.25) is 9.59 Å². The number of likely N-dealkylation sites (N-methyl/N-ethyl adjacent to an activating group) is 1. The number of hydrogen-bond donors (Lipinski definition) is 3. The number of carboxylic acids is 1. The number of carboxylic acid groups (broad SMARTS) is 1. The fourth-order valence-corrected chi connectivity index (χ4v) is 3.60. The van der Waals surface area contributed by atoms with Crippen molar-refractivity contribution in [3.8, 4) is 0 Å². The summed E-state index contributed by atoms with van der Waals surface area (Å²) in [5.74, 6) is -1.65. The molecule has 1 heterocycles. The Morgan fingerprint density at radius 1 is 1.47 bits per heavy atom. The molecule has 1 aliphatic rings. The van der Waals surface area contributed by atoms with Gasteiger partial charge < -0.3 is 15.7 Å². The molecule has 3 N–H and O–H groups in total. The van der Waals surface area contributed by atoms with Gasteiger partial charge in [-0.15, -0.1) is 0 Å². The van der Waals surface area contributed by atoms with E-state index in [1.165, 1.54) is 7.05 Å². The van der Waals surface area contributed by atoms with Crippen molar-refractivity contribution in [3.05, 3.63) is 0 Å². The summed E-state index contributed by atoms with van der Waals surface area (Å²) in [5, 5.41) is 13.9. The molecule has 0 aromatic rings. The Bertz CT molecular complexity index is 436. The number of carbonyl (C=O) groups excluding carboxylic acids is 1. The van der Waals surface area contributed by atoms with Crippen molar-refractivity contribution >= 4 is 21.9 Å². The number of piperazine rings is 1. The minimum atomic E-state index is -3.61. The average molecular weight is 293 g/mol. The SMILES string of the molecule is CNC(=O)C1CNCCN1S(=O)(=O)CCCC(=O)O. The van der Waals surface area contributed by atoms with Crippen LogP contribution in [0.5, 0.6) is 0 Å².